The molecule has 4 saturated carbocycles. The Morgan fingerprint density at radius 1 is 1.32 bits per heavy atom. The normalized spacial score (nSPS) is 57.9. The van der Waals surface area contributed by atoms with Crippen molar-refractivity contribution in [3.63, 3.8) is 0 Å². The van der Waals surface area contributed by atoms with E-state index in [2.05, 4.69) is 13.8 Å². The molecule has 0 aromatic rings. The Hall–Kier alpha value is -1.20. The number of carboxylic acid groups (broad SMARTS) is 1. The fourth-order valence-corrected chi connectivity index (χ4v) is 8.66. The van der Waals surface area contributed by atoms with Gasteiger partial charge in [-0.2, -0.15) is 0 Å². The molecule has 6 aliphatic rings. The van der Waals surface area contributed by atoms with Crippen LogP contribution in [0.4, 0.5) is 0 Å². The summed E-state index contributed by atoms with van der Waals surface area (Å²) in [5.74, 6) is 1.36. The molecule has 1 heterocycles. The molecule has 5 fully saturated rings. The molecular weight excluding hydrogens is 356 g/mol. The molecule has 0 aromatic heterocycles. The second-order valence-electron chi connectivity index (χ2n) is 11.0. The Morgan fingerprint density at radius 3 is 2.86 bits per heavy atom. The predicted molar refractivity (Wildman–Crippen MR) is 100 cm³/mol. The van der Waals surface area contributed by atoms with E-state index in [0.29, 0.717) is 42.9 Å². The monoisotopic (exact) mass is 386 g/mol. The molecule has 28 heavy (non-hydrogen) atoms. The van der Waals surface area contributed by atoms with Crippen LogP contribution >= 0.6 is 0 Å². The lowest BCUT2D eigenvalue weighted by atomic mass is 9.46. The summed E-state index contributed by atoms with van der Waals surface area (Å²) in [5, 5.41) is 20.8. The molecule has 6 rings (SSSR count). The Balaban J connectivity index is 1.40. The number of carboxylic acids is 1. The van der Waals surface area contributed by atoms with Gasteiger partial charge in [-0.25, -0.2) is 0 Å². The van der Waals surface area contributed by atoms with Crippen molar-refractivity contribution in [2.24, 2.45) is 34.5 Å². The number of carbonyl (C=O) groups is 2. The van der Waals surface area contributed by atoms with Crippen LogP contribution in [0.2, 0.25) is 0 Å². The predicted octanol–water partition coefficient (Wildman–Crippen LogP) is 3.10. The third kappa shape index (κ3) is 1.78. The lowest BCUT2D eigenvalue weighted by Gasteiger charge is -2.56. The third-order valence-corrected chi connectivity index (χ3v) is 10.2. The molecule has 0 aromatic carbocycles. The van der Waals surface area contributed by atoms with Crippen LogP contribution in [0.5, 0.6) is 0 Å². The Kier molecular flexibility index (Phi) is 3.10. The molecule has 5 heteroatoms. The zero-order valence-electron chi connectivity index (χ0n) is 16.7. The quantitative estimate of drug-likeness (QED) is 0.728. The van der Waals surface area contributed by atoms with Gasteiger partial charge < -0.3 is 14.9 Å². The van der Waals surface area contributed by atoms with Crippen LogP contribution in [-0.2, 0) is 14.3 Å². The standard InChI is InChI=1S/C23H30O5/c1-20-6-3-12(24)9-16(20)13-10-14(13)19-15-4-7-22(27,8-5-18(25)26)21(15,2)11-17-23(19,20)28-17/h9,13-15,17,19,27H,3-8,10-11H2,1-2H3,(H,25,26)/t13-,14+,15+,17-,19+,20+,21+,22-,23-/m1/s1. The average molecular weight is 386 g/mol. The van der Waals surface area contributed by atoms with Crippen LogP contribution in [0.25, 0.3) is 0 Å². The van der Waals surface area contributed by atoms with E-state index in [-0.39, 0.29) is 34.7 Å². The van der Waals surface area contributed by atoms with Gasteiger partial charge in [0.2, 0.25) is 0 Å². The Morgan fingerprint density at radius 2 is 2.11 bits per heavy atom. The Bertz CT molecular complexity index is 833. The second-order valence-corrected chi connectivity index (χ2v) is 11.0. The van der Waals surface area contributed by atoms with Crippen molar-refractivity contribution in [2.75, 3.05) is 0 Å². The second kappa shape index (κ2) is 4.92. The average Bonchev–Trinajstić information content (AvgIpc) is 3.52. The maximum atomic E-state index is 12.1. The molecule has 1 saturated heterocycles. The first-order valence-corrected chi connectivity index (χ1v) is 11.0. The lowest BCUT2D eigenvalue weighted by molar-refractivity contribution is -0.144. The van der Waals surface area contributed by atoms with Crippen LogP contribution in [0, 0.1) is 34.5 Å². The number of carbonyl (C=O) groups excluding carboxylic acids is 1. The van der Waals surface area contributed by atoms with E-state index in [0.717, 1.165) is 25.7 Å². The van der Waals surface area contributed by atoms with E-state index in [1.54, 1.807) is 0 Å². The largest absolute Gasteiger partial charge is 0.481 e. The van der Waals surface area contributed by atoms with Crippen molar-refractivity contribution in [3.05, 3.63) is 11.6 Å². The number of fused-ring (bicyclic) bond motifs is 6. The minimum Gasteiger partial charge on any atom is -0.481 e. The van der Waals surface area contributed by atoms with Gasteiger partial charge in [-0.3, -0.25) is 9.59 Å². The van der Waals surface area contributed by atoms with Crippen molar-refractivity contribution in [1.82, 2.24) is 0 Å². The summed E-state index contributed by atoms with van der Waals surface area (Å²) in [6.07, 6.45) is 7.59. The maximum Gasteiger partial charge on any atom is 0.303 e. The number of aliphatic carboxylic acids is 1. The third-order valence-electron chi connectivity index (χ3n) is 10.2. The van der Waals surface area contributed by atoms with Crippen molar-refractivity contribution < 1.29 is 24.5 Å². The van der Waals surface area contributed by atoms with Crippen LogP contribution in [-0.4, -0.2) is 39.3 Å². The summed E-state index contributed by atoms with van der Waals surface area (Å²) >= 11 is 0. The van der Waals surface area contributed by atoms with Crippen LogP contribution in [0.3, 0.4) is 0 Å². The molecule has 5 nitrogen and oxygen atoms in total. The molecule has 0 unspecified atom stereocenters. The number of aliphatic hydroxyl groups is 1. The summed E-state index contributed by atoms with van der Waals surface area (Å²) in [4.78, 5) is 23.3. The van der Waals surface area contributed by atoms with Crippen molar-refractivity contribution in [2.45, 2.75) is 82.5 Å². The van der Waals surface area contributed by atoms with Gasteiger partial charge in [-0.15, -0.1) is 0 Å². The van der Waals surface area contributed by atoms with Gasteiger partial charge in [0.1, 0.15) is 5.60 Å². The molecular formula is C23H30O5. The molecule has 0 radical (unpaired) electrons. The molecule has 1 aliphatic heterocycles. The van der Waals surface area contributed by atoms with Gasteiger partial charge in [-0.05, 0) is 68.3 Å². The SMILES string of the molecule is C[C@]12CCC(=O)C=C1[C@@H]1C[C@@H]1[C@H]1[C@@H]3CC[C@@](O)(CCC(=O)O)[C@@]3(C)C[C@H]3O[C@@]132. The number of hydrogen-bond acceptors (Lipinski definition) is 4. The molecule has 0 amide bonds. The zero-order valence-corrected chi connectivity index (χ0v) is 16.7. The van der Waals surface area contributed by atoms with E-state index < -0.39 is 11.6 Å². The minimum atomic E-state index is -0.905. The highest BCUT2D eigenvalue weighted by molar-refractivity contribution is 5.92. The fourth-order valence-electron chi connectivity index (χ4n) is 8.66. The fraction of sp³-hybridized carbons (Fsp3) is 0.826. The molecule has 2 N–H and O–H groups in total. The molecule has 152 valence electrons. The van der Waals surface area contributed by atoms with Gasteiger partial charge in [0.05, 0.1) is 11.7 Å². The highest BCUT2D eigenvalue weighted by atomic mass is 16.6. The first kappa shape index (κ1) is 17.6. The maximum absolute atomic E-state index is 12.1. The van der Waals surface area contributed by atoms with Gasteiger partial charge in [-0.1, -0.05) is 19.4 Å². The molecule has 5 aliphatic carbocycles. The highest BCUT2D eigenvalue weighted by Gasteiger charge is 2.84. The Labute approximate surface area is 165 Å². The first-order valence-electron chi connectivity index (χ1n) is 11.0. The number of ether oxygens (including phenoxy) is 1. The first-order chi connectivity index (χ1) is 13.2. The van der Waals surface area contributed by atoms with E-state index in [1.165, 1.54) is 5.57 Å². The van der Waals surface area contributed by atoms with E-state index >= 15 is 0 Å². The highest BCUT2D eigenvalue weighted by Crippen LogP contribution is 2.82. The number of rotatable bonds is 3. The van der Waals surface area contributed by atoms with Crippen molar-refractivity contribution in [3.8, 4) is 0 Å². The van der Waals surface area contributed by atoms with E-state index in [4.69, 9.17) is 4.74 Å². The van der Waals surface area contributed by atoms with Crippen molar-refractivity contribution >= 4 is 11.8 Å². The molecule has 0 bridgehead atoms. The van der Waals surface area contributed by atoms with E-state index in [9.17, 15) is 19.8 Å². The van der Waals surface area contributed by atoms with Gasteiger partial charge in [0, 0.05) is 23.7 Å². The van der Waals surface area contributed by atoms with Crippen molar-refractivity contribution in [1.29, 1.82) is 0 Å². The number of hydrogen-bond donors (Lipinski definition) is 2. The minimum absolute atomic E-state index is 0.0267. The molecule has 1 spiro atoms. The summed E-state index contributed by atoms with van der Waals surface area (Å²) in [6, 6.07) is 0. The summed E-state index contributed by atoms with van der Waals surface area (Å²) in [7, 11) is 0. The van der Waals surface area contributed by atoms with Gasteiger partial charge in [0.15, 0.2) is 5.78 Å². The summed E-state index contributed by atoms with van der Waals surface area (Å²) in [6.45, 7) is 4.54. The van der Waals surface area contributed by atoms with Crippen LogP contribution < -0.4 is 0 Å². The number of ketones is 1. The molecule has 9 atom stereocenters. The van der Waals surface area contributed by atoms with Crippen LogP contribution in [0.15, 0.2) is 11.6 Å². The topological polar surface area (TPSA) is 87.1 Å². The summed E-state index contributed by atoms with van der Waals surface area (Å²) in [5.41, 5.74) is -0.0168. The summed E-state index contributed by atoms with van der Waals surface area (Å²) < 4.78 is 6.62. The van der Waals surface area contributed by atoms with Gasteiger partial charge in [0.25, 0.3) is 0 Å². The zero-order chi connectivity index (χ0) is 19.7. The van der Waals surface area contributed by atoms with Gasteiger partial charge >= 0.3 is 5.97 Å². The van der Waals surface area contributed by atoms with E-state index in [1.807, 2.05) is 6.08 Å². The smallest absolute Gasteiger partial charge is 0.303 e. The number of epoxide rings is 1. The lowest BCUT2D eigenvalue weighted by Crippen LogP contribution is -2.60. The van der Waals surface area contributed by atoms with Crippen LogP contribution in [0.1, 0.15) is 65.2 Å².